The highest BCUT2D eigenvalue weighted by Gasteiger charge is 2.35. The molecular formula is C17H26N2OS. The molecule has 4 heteroatoms. The standard InChI is InChI=1S/C17H26N2OS/c1-16(2)9-10-19(11-12-21-16)15(20)17(3,4)13-5-7-14(18)8-6-13/h5-8H,9-12,18H2,1-4H3. The van der Waals surface area contributed by atoms with E-state index in [0.717, 1.165) is 36.5 Å². The van der Waals surface area contributed by atoms with Gasteiger partial charge in [-0.2, -0.15) is 11.8 Å². The Morgan fingerprint density at radius 1 is 1.24 bits per heavy atom. The van der Waals surface area contributed by atoms with E-state index in [-0.39, 0.29) is 10.7 Å². The van der Waals surface area contributed by atoms with Crippen molar-refractivity contribution in [3.8, 4) is 0 Å². The minimum Gasteiger partial charge on any atom is -0.399 e. The maximum Gasteiger partial charge on any atom is 0.232 e. The Kier molecular flexibility index (Phi) is 4.57. The number of hydrogen-bond donors (Lipinski definition) is 1. The second kappa shape index (κ2) is 5.91. The molecule has 2 rings (SSSR count). The minimum atomic E-state index is -0.507. The third-order valence-electron chi connectivity index (χ3n) is 4.29. The molecule has 1 amide bonds. The number of carbonyl (C=O) groups excluding carboxylic acids is 1. The van der Waals surface area contributed by atoms with Crippen LogP contribution in [0.25, 0.3) is 0 Å². The third kappa shape index (κ3) is 3.73. The van der Waals surface area contributed by atoms with Crippen molar-refractivity contribution >= 4 is 23.4 Å². The highest BCUT2D eigenvalue weighted by atomic mass is 32.2. The highest BCUT2D eigenvalue weighted by molar-refractivity contribution is 8.00. The fraction of sp³-hybridized carbons (Fsp3) is 0.588. The Labute approximate surface area is 132 Å². The van der Waals surface area contributed by atoms with E-state index in [4.69, 9.17) is 5.73 Å². The van der Waals surface area contributed by atoms with Crippen molar-refractivity contribution in [2.75, 3.05) is 24.6 Å². The van der Waals surface area contributed by atoms with Crippen molar-refractivity contribution in [1.29, 1.82) is 0 Å². The molecule has 0 radical (unpaired) electrons. The largest absolute Gasteiger partial charge is 0.399 e. The van der Waals surface area contributed by atoms with Gasteiger partial charge in [0.1, 0.15) is 0 Å². The molecule has 0 spiro atoms. The molecule has 1 saturated heterocycles. The smallest absolute Gasteiger partial charge is 0.232 e. The first-order chi connectivity index (χ1) is 9.72. The minimum absolute atomic E-state index is 0.213. The van der Waals surface area contributed by atoms with Crippen LogP contribution >= 0.6 is 11.8 Å². The lowest BCUT2D eigenvalue weighted by atomic mass is 9.83. The molecule has 0 atom stereocenters. The summed E-state index contributed by atoms with van der Waals surface area (Å²) in [6.07, 6.45) is 1.04. The fourth-order valence-electron chi connectivity index (χ4n) is 2.64. The summed E-state index contributed by atoms with van der Waals surface area (Å²) in [5, 5.41) is 0. The van der Waals surface area contributed by atoms with E-state index >= 15 is 0 Å². The van der Waals surface area contributed by atoms with Crippen molar-refractivity contribution in [2.45, 2.75) is 44.3 Å². The van der Waals surface area contributed by atoms with Crippen molar-refractivity contribution < 1.29 is 4.79 Å². The second-order valence-electron chi connectivity index (χ2n) is 6.90. The molecule has 2 N–H and O–H groups in total. The lowest BCUT2D eigenvalue weighted by Crippen LogP contribution is -2.44. The maximum absolute atomic E-state index is 13.0. The zero-order valence-electron chi connectivity index (χ0n) is 13.5. The molecule has 1 aliphatic heterocycles. The predicted octanol–water partition coefficient (Wildman–Crippen LogP) is 3.29. The fourth-order valence-corrected chi connectivity index (χ4v) is 3.74. The second-order valence-corrected chi connectivity index (χ2v) is 8.70. The zero-order chi connectivity index (χ0) is 15.7. The molecular weight excluding hydrogens is 280 g/mol. The summed E-state index contributed by atoms with van der Waals surface area (Å²) in [7, 11) is 0. The summed E-state index contributed by atoms with van der Waals surface area (Å²) in [4.78, 5) is 15.0. The number of nitrogens with two attached hydrogens (primary N) is 1. The van der Waals surface area contributed by atoms with Crippen molar-refractivity contribution in [1.82, 2.24) is 4.90 Å². The first kappa shape index (κ1) is 16.2. The Morgan fingerprint density at radius 2 is 1.86 bits per heavy atom. The van der Waals surface area contributed by atoms with E-state index in [2.05, 4.69) is 13.8 Å². The summed E-state index contributed by atoms with van der Waals surface area (Å²) in [5.41, 5.74) is 6.99. The highest BCUT2D eigenvalue weighted by Crippen LogP contribution is 2.33. The average molecular weight is 306 g/mol. The Hall–Kier alpha value is -1.16. The SMILES string of the molecule is CC1(C)CCN(C(=O)C(C)(C)c2ccc(N)cc2)CCS1. The predicted molar refractivity (Wildman–Crippen MR) is 91.6 cm³/mol. The van der Waals surface area contributed by atoms with E-state index in [1.165, 1.54) is 0 Å². The van der Waals surface area contributed by atoms with Crippen LogP contribution in [0.3, 0.4) is 0 Å². The monoisotopic (exact) mass is 306 g/mol. The van der Waals surface area contributed by atoms with Gasteiger partial charge in [-0.3, -0.25) is 4.79 Å². The van der Waals surface area contributed by atoms with Gasteiger partial charge in [0.25, 0.3) is 0 Å². The number of thioether (sulfide) groups is 1. The Morgan fingerprint density at radius 3 is 2.48 bits per heavy atom. The molecule has 0 saturated carbocycles. The number of rotatable bonds is 2. The molecule has 1 aliphatic rings. The molecule has 1 aromatic carbocycles. The molecule has 116 valence electrons. The third-order valence-corrected chi connectivity index (χ3v) is 5.66. The number of amides is 1. The van der Waals surface area contributed by atoms with E-state index in [1.807, 2.05) is 54.8 Å². The van der Waals surface area contributed by atoms with Gasteiger partial charge >= 0.3 is 0 Å². The van der Waals surface area contributed by atoms with Crippen molar-refractivity contribution in [3.63, 3.8) is 0 Å². The van der Waals surface area contributed by atoms with Gasteiger partial charge in [0, 0.05) is 29.3 Å². The van der Waals surface area contributed by atoms with Gasteiger partial charge in [-0.15, -0.1) is 0 Å². The van der Waals surface area contributed by atoms with Crippen LogP contribution in [-0.4, -0.2) is 34.4 Å². The molecule has 1 fully saturated rings. The number of anilines is 1. The van der Waals surface area contributed by atoms with Gasteiger partial charge in [0.2, 0.25) is 5.91 Å². The molecule has 21 heavy (non-hydrogen) atoms. The van der Waals surface area contributed by atoms with E-state index in [0.29, 0.717) is 0 Å². The maximum atomic E-state index is 13.0. The lowest BCUT2D eigenvalue weighted by Gasteiger charge is -2.32. The average Bonchev–Trinajstić information content (AvgIpc) is 2.59. The number of hydrogen-bond acceptors (Lipinski definition) is 3. The molecule has 1 aromatic rings. The van der Waals surface area contributed by atoms with Gasteiger partial charge < -0.3 is 10.6 Å². The summed E-state index contributed by atoms with van der Waals surface area (Å²) >= 11 is 1.96. The molecule has 3 nitrogen and oxygen atoms in total. The molecule has 1 heterocycles. The van der Waals surface area contributed by atoms with Crippen LogP contribution in [-0.2, 0) is 10.2 Å². The number of benzene rings is 1. The zero-order valence-corrected chi connectivity index (χ0v) is 14.3. The van der Waals surface area contributed by atoms with Gasteiger partial charge in [-0.25, -0.2) is 0 Å². The van der Waals surface area contributed by atoms with Gasteiger partial charge in [-0.1, -0.05) is 26.0 Å². The van der Waals surface area contributed by atoms with E-state index < -0.39 is 5.41 Å². The van der Waals surface area contributed by atoms with Crippen LogP contribution in [0.5, 0.6) is 0 Å². The lowest BCUT2D eigenvalue weighted by molar-refractivity contribution is -0.136. The van der Waals surface area contributed by atoms with Gasteiger partial charge in [0.05, 0.1) is 5.41 Å². The molecule has 0 bridgehead atoms. The summed E-state index contributed by atoms with van der Waals surface area (Å²) in [5.74, 6) is 1.22. The van der Waals surface area contributed by atoms with Crippen molar-refractivity contribution in [2.24, 2.45) is 0 Å². The number of carbonyl (C=O) groups is 1. The van der Waals surface area contributed by atoms with Crippen LogP contribution in [0.15, 0.2) is 24.3 Å². The first-order valence-electron chi connectivity index (χ1n) is 7.52. The van der Waals surface area contributed by atoms with Crippen LogP contribution in [0.1, 0.15) is 39.7 Å². The molecule has 0 aromatic heterocycles. The van der Waals surface area contributed by atoms with Crippen LogP contribution in [0, 0.1) is 0 Å². The molecule has 0 unspecified atom stereocenters. The summed E-state index contributed by atoms with van der Waals surface area (Å²) in [6.45, 7) is 10.2. The van der Waals surface area contributed by atoms with Crippen LogP contribution < -0.4 is 5.73 Å². The van der Waals surface area contributed by atoms with Gasteiger partial charge in [-0.05, 0) is 38.0 Å². The van der Waals surface area contributed by atoms with E-state index in [9.17, 15) is 4.79 Å². The van der Waals surface area contributed by atoms with Crippen LogP contribution in [0.4, 0.5) is 5.69 Å². The summed E-state index contributed by atoms with van der Waals surface area (Å²) in [6, 6.07) is 7.66. The normalized spacial score (nSPS) is 19.1. The summed E-state index contributed by atoms with van der Waals surface area (Å²) < 4.78 is 0.264. The first-order valence-corrected chi connectivity index (χ1v) is 8.50. The Balaban J connectivity index is 2.16. The molecule has 0 aliphatic carbocycles. The topological polar surface area (TPSA) is 46.3 Å². The van der Waals surface area contributed by atoms with Crippen molar-refractivity contribution in [3.05, 3.63) is 29.8 Å². The number of nitrogen functional groups attached to an aromatic ring is 1. The van der Waals surface area contributed by atoms with Gasteiger partial charge in [0.15, 0.2) is 0 Å². The van der Waals surface area contributed by atoms with Crippen LogP contribution in [0.2, 0.25) is 0 Å². The quantitative estimate of drug-likeness (QED) is 0.853. The Bertz CT molecular complexity index is 508. The van der Waals surface area contributed by atoms with E-state index in [1.54, 1.807) is 0 Å². The number of nitrogens with zero attached hydrogens (tertiary/aromatic N) is 1.